The summed E-state index contributed by atoms with van der Waals surface area (Å²) in [6.45, 7) is 4.72. The van der Waals surface area contributed by atoms with E-state index in [0.717, 1.165) is 41.2 Å². The van der Waals surface area contributed by atoms with Crippen LogP contribution in [0.5, 0.6) is 5.75 Å². The molecule has 4 N–H and O–H groups in total. The number of nitrogens with two attached hydrogens (primary N) is 2. The number of allylic oxidation sites excluding steroid dienone is 1. The number of aromatic nitrogens is 3. The molecule has 1 aliphatic rings. The molecule has 3 heterocycles. The largest absolute Gasteiger partial charge is 0.496 e. The van der Waals surface area contributed by atoms with E-state index in [1.807, 2.05) is 41.3 Å². The SMILES string of the molecule is COc1ccc(C)c(-n2c(N)c(C(N)=O)c3c4n(nc32)CCC=C4)c1C. The molecule has 1 amide bonds. The van der Waals surface area contributed by atoms with Crippen LogP contribution in [0.2, 0.25) is 0 Å². The van der Waals surface area contributed by atoms with Crippen molar-refractivity contribution in [3.63, 3.8) is 0 Å². The lowest BCUT2D eigenvalue weighted by Crippen LogP contribution is -2.15. The normalized spacial score (nSPS) is 13.2. The van der Waals surface area contributed by atoms with Crippen LogP contribution in [0, 0.1) is 13.8 Å². The zero-order valence-corrected chi connectivity index (χ0v) is 15.0. The summed E-state index contributed by atoms with van der Waals surface area (Å²) in [4.78, 5) is 12.2. The molecule has 0 bridgehead atoms. The number of amides is 1. The van der Waals surface area contributed by atoms with Gasteiger partial charge in [-0.3, -0.25) is 14.0 Å². The first-order chi connectivity index (χ1) is 12.5. The second kappa shape index (κ2) is 5.66. The van der Waals surface area contributed by atoms with Gasteiger partial charge in [-0.25, -0.2) is 0 Å². The summed E-state index contributed by atoms with van der Waals surface area (Å²) in [6.07, 6.45) is 4.94. The van der Waals surface area contributed by atoms with Gasteiger partial charge in [0.1, 0.15) is 11.6 Å². The fourth-order valence-electron chi connectivity index (χ4n) is 3.80. The number of nitrogens with zero attached hydrogens (tertiary/aromatic N) is 3. The van der Waals surface area contributed by atoms with Crippen molar-refractivity contribution in [1.82, 2.24) is 14.3 Å². The molecule has 7 heteroatoms. The van der Waals surface area contributed by atoms with Crippen LogP contribution in [0.15, 0.2) is 18.2 Å². The van der Waals surface area contributed by atoms with Crippen LogP contribution in [0.3, 0.4) is 0 Å². The first-order valence-corrected chi connectivity index (χ1v) is 8.47. The Morgan fingerprint density at radius 2 is 2.08 bits per heavy atom. The van der Waals surface area contributed by atoms with Gasteiger partial charge in [-0.05, 0) is 38.0 Å². The van der Waals surface area contributed by atoms with Crippen LogP contribution in [0.1, 0.15) is 33.6 Å². The molecule has 1 aromatic carbocycles. The Morgan fingerprint density at radius 1 is 1.31 bits per heavy atom. The Bertz CT molecular complexity index is 1090. The molecule has 0 radical (unpaired) electrons. The van der Waals surface area contributed by atoms with Crippen molar-refractivity contribution in [3.05, 3.63) is 40.6 Å². The zero-order chi connectivity index (χ0) is 18.6. The van der Waals surface area contributed by atoms with E-state index in [0.29, 0.717) is 22.4 Å². The first-order valence-electron chi connectivity index (χ1n) is 8.47. The van der Waals surface area contributed by atoms with E-state index in [9.17, 15) is 4.79 Å². The zero-order valence-electron chi connectivity index (χ0n) is 15.0. The van der Waals surface area contributed by atoms with Gasteiger partial charge in [-0.2, -0.15) is 5.10 Å². The van der Waals surface area contributed by atoms with Crippen LogP contribution in [-0.4, -0.2) is 27.4 Å². The minimum Gasteiger partial charge on any atom is -0.496 e. The average Bonchev–Trinajstić information content (AvgIpc) is 3.10. The van der Waals surface area contributed by atoms with Gasteiger partial charge < -0.3 is 16.2 Å². The summed E-state index contributed by atoms with van der Waals surface area (Å²) in [5.74, 6) is 0.493. The van der Waals surface area contributed by atoms with Gasteiger partial charge in [-0.1, -0.05) is 12.1 Å². The molecule has 0 unspecified atom stereocenters. The van der Waals surface area contributed by atoms with E-state index >= 15 is 0 Å². The molecule has 0 atom stereocenters. The van der Waals surface area contributed by atoms with Crippen LogP contribution < -0.4 is 16.2 Å². The number of methoxy groups -OCH3 is 1. The molecular formula is C19H21N5O2. The predicted molar refractivity (Wildman–Crippen MR) is 102 cm³/mol. The monoisotopic (exact) mass is 351 g/mol. The average molecular weight is 351 g/mol. The van der Waals surface area contributed by atoms with Gasteiger partial charge >= 0.3 is 0 Å². The first kappa shape index (κ1) is 16.3. The lowest BCUT2D eigenvalue weighted by Gasteiger charge is -2.16. The lowest BCUT2D eigenvalue weighted by molar-refractivity contribution is 0.100. The number of nitrogen functional groups attached to an aromatic ring is 1. The highest BCUT2D eigenvalue weighted by atomic mass is 16.5. The van der Waals surface area contributed by atoms with Crippen molar-refractivity contribution in [1.29, 1.82) is 0 Å². The summed E-state index contributed by atoms with van der Waals surface area (Å²) in [5, 5.41) is 5.43. The van der Waals surface area contributed by atoms with Crippen molar-refractivity contribution in [2.45, 2.75) is 26.8 Å². The van der Waals surface area contributed by atoms with Gasteiger partial charge in [0, 0.05) is 12.1 Å². The van der Waals surface area contributed by atoms with E-state index in [-0.39, 0.29) is 0 Å². The van der Waals surface area contributed by atoms with Gasteiger partial charge in [0.05, 0.1) is 29.4 Å². The number of benzene rings is 1. The predicted octanol–water partition coefficient (Wildman–Crippen LogP) is 2.55. The fourth-order valence-corrected chi connectivity index (χ4v) is 3.80. The number of fused-ring (bicyclic) bond motifs is 3. The van der Waals surface area contributed by atoms with Crippen LogP contribution >= 0.6 is 0 Å². The number of carbonyl (C=O) groups is 1. The summed E-state index contributed by atoms with van der Waals surface area (Å²) < 4.78 is 9.19. The molecule has 2 aromatic heterocycles. The number of anilines is 1. The second-order valence-electron chi connectivity index (χ2n) is 6.52. The highest BCUT2D eigenvalue weighted by Gasteiger charge is 2.28. The molecule has 0 aliphatic carbocycles. The number of primary amides is 1. The molecule has 0 saturated heterocycles. The van der Waals surface area contributed by atoms with Gasteiger partial charge in [0.15, 0.2) is 5.65 Å². The number of ether oxygens (including phenoxy) is 1. The maximum Gasteiger partial charge on any atom is 0.253 e. The summed E-state index contributed by atoms with van der Waals surface area (Å²) >= 11 is 0. The second-order valence-corrected chi connectivity index (χ2v) is 6.52. The number of carbonyl (C=O) groups excluding carboxylic acids is 1. The van der Waals surface area contributed by atoms with Crippen molar-refractivity contribution in [2.24, 2.45) is 5.73 Å². The van der Waals surface area contributed by atoms with E-state index in [1.54, 1.807) is 7.11 Å². The van der Waals surface area contributed by atoms with Crippen molar-refractivity contribution in [3.8, 4) is 11.4 Å². The summed E-state index contributed by atoms with van der Waals surface area (Å²) in [6, 6.07) is 3.88. The van der Waals surface area contributed by atoms with E-state index in [4.69, 9.17) is 21.3 Å². The fraction of sp³-hybridized carbons (Fsp3) is 0.263. The lowest BCUT2D eigenvalue weighted by atomic mass is 10.1. The smallest absolute Gasteiger partial charge is 0.253 e. The van der Waals surface area contributed by atoms with E-state index in [2.05, 4.69) is 6.08 Å². The number of aryl methyl sites for hydroxylation is 2. The highest BCUT2D eigenvalue weighted by Crippen LogP contribution is 2.38. The van der Waals surface area contributed by atoms with Crippen LogP contribution in [0.25, 0.3) is 22.8 Å². The third-order valence-corrected chi connectivity index (χ3v) is 4.99. The molecule has 134 valence electrons. The Balaban J connectivity index is 2.16. The molecule has 0 spiro atoms. The van der Waals surface area contributed by atoms with Crippen LogP contribution in [-0.2, 0) is 6.54 Å². The summed E-state index contributed by atoms with van der Waals surface area (Å²) in [7, 11) is 1.63. The minimum absolute atomic E-state index is 0.303. The maximum atomic E-state index is 12.2. The van der Waals surface area contributed by atoms with Crippen molar-refractivity contribution in [2.75, 3.05) is 12.8 Å². The minimum atomic E-state index is -0.556. The van der Waals surface area contributed by atoms with E-state index < -0.39 is 5.91 Å². The maximum absolute atomic E-state index is 12.2. The standard InChI is InChI=1S/C19H21N5O2/c1-10-7-8-13(26-3)11(2)16(10)24-17(20)15(18(21)25)14-12-6-4-5-9-23(12)22-19(14)24/h4,6-8H,5,9,20H2,1-3H3,(H2,21,25). The Hall–Kier alpha value is -3.22. The molecule has 3 aromatic rings. The van der Waals surface area contributed by atoms with Crippen molar-refractivity contribution >= 4 is 28.8 Å². The Kier molecular flexibility index (Phi) is 3.54. The summed E-state index contributed by atoms with van der Waals surface area (Å²) in [5.41, 5.74) is 16.7. The number of hydrogen-bond acceptors (Lipinski definition) is 4. The molecular weight excluding hydrogens is 330 g/mol. The van der Waals surface area contributed by atoms with Crippen molar-refractivity contribution < 1.29 is 9.53 Å². The number of hydrogen-bond donors (Lipinski definition) is 2. The molecule has 7 nitrogen and oxygen atoms in total. The topological polar surface area (TPSA) is 101 Å². The third kappa shape index (κ3) is 2.06. The molecule has 1 aliphatic heterocycles. The highest BCUT2D eigenvalue weighted by molar-refractivity contribution is 6.13. The van der Waals surface area contributed by atoms with Gasteiger partial charge in [-0.15, -0.1) is 0 Å². The van der Waals surface area contributed by atoms with Gasteiger partial charge in [0.2, 0.25) is 0 Å². The number of rotatable bonds is 3. The quantitative estimate of drug-likeness (QED) is 0.757. The Labute approximate surface area is 150 Å². The van der Waals surface area contributed by atoms with Crippen LogP contribution in [0.4, 0.5) is 5.82 Å². The van der Waals surface area contributed by atoms with Gasteiger partial charge in [0.25, 0.3) is 5.91 Å². The Morgan fingerprint density at radius 3 is 2.77 bits per heavy atom. The molecule has 0 fully saturated rings. The third-order valence-electron chi connectivity index (χ3n) is 4.99. The molecule has 26 heavy (non-hydrogen) atoms. The van der Waals surface area contributed by atoms with E-state index in [1.165, 1.54) is 0 Å². The molecule has 4 rings (SSSR count). The molecule has 0 saturated carbocycles.